The Morgan fingerprint density at radius 1 is 0.900 bits per heavy atom. The topological polar surface area (TPSA) is 20.2 Å². The van der Waals surface area contributed by atoms with Gasteiger partial charge in [0.1, 0.15) is 0 Å². The van der Waals surface area contributed by atoms with Crippen LogP contribution >= 0.6 is 15.9 Å². The standard InChI is InChI=1S/C18H21BrO/c1-13-8-14(2)10-16(9-13)12-18(3,20)11-15-4-6-17(19)7-5-15/h4-10,20H,11-12H2,1-3H3. The fourth-order valence-corrected chi connectivity index (χ4v) is 2.98. The van der Waals surface area contributed by atoms with E-state index in [1.165, 1.54) is 16.7 Å². The number of hydrogen-bond acceptors (Lipinski definition) is 1. The molecule has 2 rings (SSSR count). The van der Waals surface area contributed by atoms with Gasteiger partial charge in [0.15, 0.2) is 0 Å². The van der Waals surface area contributed by atoms with Gasteiger partial charge in [0.25, 0.3) is 0 Å². The molecule has 0 aliphatic rings. The molecule has 0 aliphatic carbocycles. The molecule has 0 heterocycles. The number of aryl methyl sites for hydroxylation is 2. The van der Waals surface area contributed by atoms with Crippen LogP contribution in [0.4, 0.5) is 0 Å². The second-order valence-electron chi connectivity index (χ2n) is 5.97. The zero-order valence-corrected chi connectivity index (χ0v) is 13.9. The van der Waals surface area contributed by atoms with Crippen LogP contribution in [0.3, 0.4) is 0 Å². The zero-order chi connectivity index (χ0) is 14.8. The Bertz CT molecular complexity index is 565. The maximum absolute atomic E-state index is 10.7. The molecule has 1 unspecified atom stereocenters. The van der Waals surface area contributed by atoms with E-state index in [2.05, 4.69) is 60.1 Å². The Hall–Kier alpha value is -1.12. The van der Waals surface area contributed by atoms with Crippen molar-refractivity contribution in [1.82, 2.24) is 0 Å². The molecule has 0 spiro atoms. The SMILES string of the molecule is Cc1cc(C)cc(CC(C)(O)Cc2ccc(Br)cc2)c1. The van der Waals surface area contributed by atoms with Gasteiger partial charge in [-0.05, 0) is 44.0 Å². The Balaban J connectivity index is 2.12. The Kier molecular flexibility index (Phi) is 4.66. The van der Waals surface area contributed by atoms with Gasteiger partial charge in [-0.3, -0.25) is 0 Å². The number of aliphatic hydroxyl groups is 1. The number of benzene rings is 2. The summed E-state index contributed by atoms with van der Waals surface area (Å²) in [5, 5.41) is 10.7. The lowest BCUT2D eigenvalue weighted by Gasteiger charge is -2.24. The van der Waals surface area contributed by atoms with E-state index in [4.69, 9.17) is 0 Å². The van der Waals surface area contributed by atoms with Crippen molar-refractivity contribution in [3.05, 3.63) is 69.2 Å². The van der Waals surface area contributed by atoms with Crippen molar-refractivity contribution in [2.75, 3.05) is 0 Å². The second kappa shape index (κ2) is 6.11. The molecule has 0 amide bonds. The molecule has 0 fully saturated rings. The van der Waals surface area contributed by atoms with Crippen molar-refractivity contribution >= 4 is 15.9 Å². The van der Waals surface area contributed by atoms with Gasteiger partial charge in [-0.1, -0.05) is 57.4 Å². The largest absolute Gasteiger partial charge is 0.389 e. The Morgan fingerprint density at radius 3 is 1.95 bits per heavy atom. The monoisotopic (exact) mass is 332 g/mol. The highest BCUT2D eigenvalue weighted by molar-refractivity contribution is 9.10. The number of rotatable bonds is 4. The lowest BCUT2D eigenvalue weighted by atomic mass is 9.89. The predicted molar refractivity (Wildman–Crippen MR) is 88.1 cm³/mol. The highest BCUT2D eigenvalue weighted by Crippen LogP contribution is 2.21. The van der Waals surface area contributed by atoms with E-state index in [1.54, 1.807) is 0 Å². The summed E-state index contributed by atoms with van der Waals surface area (Å²) in [6.07, 6.45) is 1.33. The molecule has 2 heteroatoms. The molecule has 1 atom stereocenters. The molecule has 1 nitrogen and oxygen atoms in total. The van der Waals surface area contributed by atoms with Gasteiger partial charge in [-0.2, -0.15) is 0 Å². The average Bonchev–Trinajstić information content (AvgIpc) is 2.29. The lowest BCUT2D eigenvalue weighted by molar-refractivity contribution is 0.0608. The van der Waals surface area contributed by atoms with Crippen molar-refractivity contribution in [2.45, 2.75) is 39.2 Å². The van der Waals surface area contributed by atoms with Gasteiger partial charge in [0, 0.05) is 17.3 Å². The third-order valence-electron chi connectivity index (χ3n) is 3.36. The van der Waals surface area contributed by atoms with E-state index < -0.39 is 5.60 Å². The van der Waals surface area contributed by atoms with Gasteiger partial charge in [-0.15, -0.1) is 0 Å². The first-order valence-electron chi connectivity index (χ1n) is 6.88. The molecule has 2 aromatic carbocycles. The van der Waals surface area contributed by atoms with Crippen LogP contribution in [0.1, 0.15) is 29.2 Å². The summed E-state index contributed by atoms with van der Waals surface area (Å²) in [4.78, 5) is 0. The highest BCUT2D eigenvalue weighted by Gasteiger charge is 2.21. The third kappa shape index (κ3) is 4.46. The van der Waals surface area contributed by atoms with Crippen LogP contribution < -0.4 is 0 Å². The van der Waals surface area contributed by atoms with Crippen molar-refractivity contribution in [3.63, 3.8) is 0 Å². The van der Waals surface area contributed by atoms with Gasteiger partial charge in [0.05, 0.1) is 5.60 Å². The van der Waals surface area contributed by atoms with Crippen LogP contribution in [0, 0.1) is 13.8 Å². The molecule has 0 aromatic heterocycles. The van der Waals surface area contributed by atoms with E-state index in [9.17, 15) is 5.11 Å². The first kappa shape index (κ1) is 15.3. The maximum Gasteiger partial charge on any atom is 0.0700 e. The van der Waals surface area contributed by atoms with Crippen LogP contribution in [0.2, 0.25) is 0 Å². The minimum absolute atomic E-state index is 0.660. The van der Waals surface area contributed by atoms with E-state index >= 15 is 0 Å². The molecule has 0 saturated heterocycles. The second-order valence-corrected chi connectivity index (χ2v) is 6.89. The van der Waals surface area contributed by atoms with Crippen molar-refractivity contribution in [3.8, 4) is 0 Å². The summed E-state index contributed by atoms with van der Waals surface area (Å²) >= 11 is 3.43. The van der Waals surface area contributed by atoms with Gasteiger partial charge < -0.3 is 5.11 Å². The zero-order valence-electron chi connectivity index (χ0n) is 12.3. The van der Waals surface area contributed by atoms with E-state index in [0.717, 1.165) is 10.0 Å². The summed E-state index contributed by atoms with van der Waals surface area (Å²) in [6, 6.07) is 14.6. The molecular weight excluding hydrogens is 312 g/mol. The van der Waals surface area contributed by atoms with Gasteiger partial charge >= 0.3 is 0 Å². The first-order chi connectivity index (χ1) is 9.34. The molecule has 0 radical (unpaired) electrons. The van der Waals surface area contributed by atoms with Gasteiger partial charge in [0.2, 0.25) is 0 Å². The molecule has 20 heavy (non-hydrogen) atoms. The molecule has 0 bridgehead atoms. The summed E-state index contributed by atoms with van der Waals surface area (Å²) in [5.74, 6) is 0. The van der Waals surface area contributed by atoms with E-state index in [0.29, 0.717) is 12.8 Å². The Labute approximate surface area is 129 Å². The fraction of sp³-hybridized carbons (Fsp3) is 0.333. The smallest absolute Gasteiger partial charge is 0.0700 e. The van der Waals surface area contributed by atoms with Crippen LogP contribution in [0.25, 0.3) is 0 Å². The number of hydrogen-bond donors (Lipinski definition) is 1. The molecule has 0 saturated carbocycles. The quantitative estimate of drug-likeness (QED) is 0.867. The minimum atomic E-state index is -0.728. The summed E-state index contributed by atoms with van der Waals surface area (Å²) in [5.41, 5.74) is 4.12. The van der Waals surface area contributed by atoms with Crippen LogP contribution in [-0.4, -0.2) is 10.7 Å². The molecule has 1 N–H and O–H groups in total. The first-order valence-corrected chi connectivity index (χ1v) is 7.67. The predicted octanol–water partition coefficient (Wildman–Crippen LogP) is 4.60. The molecule has 106 valence electrons. The summed E-state index contributed by atoms with van der Waals surface area (Å²) < 4.78 is 1.07. The van der Waals surface area contributed by atoms with Gasteiger partial charge in [-0.25, -0.2) is 0 Å². The van der Waals surface area contributed by atoms with Crippen molar-refractivity contribution in [1.29, 1.82) is 0 Å². The van der Waals surface area contributed by atoms with Crippen LogP contribution in [0.15, 0.2) is 46.9 Å². The molecular formula is C18H21BrO. The van der Waals surface area contributed by atoms with Crippen molar-refractivity contribution < 1.29 is 5.11 Å². The maximum atomic E-state index is 10.7. The molecule has 2 aromatic rings. The van der Waals surface area contributed by atoms with E-state index in [1.807, 2.05) is 19.1 Å². The summed E-state index contributed by atoms with van der Waals surface area (Å²) in [7, 11) is 0. The summed E-state index contributed by atoms with van der Waals surface area (Å²) in [6.45, 7) is 6.10. The third-order valence-corrected chi connectivity index (χ3v) is 3.89. The number of halogens is 1. The lowest BCUT2D eigenvalue weighted by Crippen LogP contribution is -2.30. The fourth-order valence-electron chi connectivity index (χ4n) is 2.72. The normalized spacial score (nSPS) is 14.1. The van der Waals surface area contributed by atoms with E-state index in [-0.39, 0.29) is 0 Å². The van der Waals surface area contributed by atoms with Crippen LogP contribution in [0.5, 0.6) is 0 Å². The average molecular weight is 333 g/mol. The van der Waals surface area contributed by atoms with Crippen LogP contribution in [-0.2, 0) is 12.8 Å². The Morgan fingerprint density at radius 2 is 1.40 bits per heavy atom. The molecule has 0 aliphatic heterocycles. The highest BCUT2D eigenvalue weighted by atomic mass is 79.9. The minimum Gasteiger partial charge on any atom is -0.389 e. The van der Waals surface area contributed by atoms with Crippen molar-refractivity contribution in [2.24, 2.45) is 0 Å².